The van der Waals surface area contributed by atoms with Crippen molar-refractivity contribution >= 4 is 0 Å². The molecule has 0 atom stereocenters. The van der Waals surface area contributed by atoms with Gasteiger partial charge in [-0.2, -0.15) is 0 Å². The molecule has 0 saturated heterocycles. The molecule has 0 aromatic heterocycles. The summed E-state index contributed by atoms with van der Waals surface area (Å²) in [7, 11) is 1.77. The highest BCUT2D eigenvalue weighted by atomic mass is 16.5. The summed E-state index contributed by atoms with van der Waals surface area (Å²) >= 11 is 0. The summed E-state index contributed by atoms with van der Waals surface area (Å²) < 4.78 is 4.71. The molecule has 0 aromatic rings. The predicted octanol–water partition coefficient (Wildman–Crippen LogP) is -0.390. The van der Waals surface area contributed by atoms with Crippen LogP contribution in [-0.2, 0) is 9.84 Å². The minimum Gasteiger partial charge on any atom is -0.364 e. The van der Waals surface area contributed by atoms with Crippen molar-refractivity contribution in [3.05, 3.63) is 0 Å². The highest BCUT2D eigenvalue weighted by molar-refractivity contribution is 4.21. The maximum absolute atomic E-state index is 9.65. The number of ether oxygens (including phenoxy) is 1. The van der Waals surface area contributed by atoms with E-state index >= 15 is 0 Å². The zero-order chi connectivity index (χ0) is 5.54. The molecule has 0 aliphatic rings. The highest BCUT2D eigenvalue weighted by Crippen LogP contribution is 1.65. The van der Waals surface area contributed by atoms with Crippen LogP contribution in [-0.4, -0.2) is 27.0 Å². The van der Waals surface area contributed by atoms with Crippen LogP contribution in [0.1, 0.15) is 0 Å². The lowest BCUT2D eigenvalue weighted by Gasteiger charge is -1.95. The number of nitrogens with one attached hydrogen (secondary N) is 1. The number of hydrogen-bond donors (Lipinski definition) is 1. The van der Waals surface area contributed by atoms with E-state index in [4.69, 9.17) is 4.74 Å². The van der Waals surface area contributed by atoms with Gasteiger partial charge in [-0.05, 0) is 7.05 Å². The second kappa shape index (κ2) is 5.88. The van der Waals surface area contributed by atoms with Gasteiger partial charge < -0.3 is 4.74 Å². The van der Waals surface area contributed by atoms with Gasteiger partial charge in [0.1, 0.15) is 6.61 Å². The molecule has 0 heterocycles. The third kappa shape index (κ3) is 5.88. The van der Waals surface area contributed by atoms with Gasteiger partial charge in [0.2, 0.25) is 0 Å². The van der Waals surface area contributed by atoms with Crippen LogP contribution in [0.5, 0.6) is 0 Å². The molecule has 0 unspecified atom stereocenters. The van der Waals surface area contributed by atoms with Crippen molar-refractivity contribution in [2.24, 2.45) is 0 Å². The topological polar surface area (TPSA) is 41.2 Å². The molecule has 0 spiro atoms. The van der Waals surface area contributed by atoms with Crippen molar-refractivity contribution in [2.45, 2.75) is 0 Å². The lowest BCUT2D eigenvalue weighted by atomic mass is 10.8. The summed E-state index contributed by atoms with van der Waals surface area (Å²) in [6, 6.07) is 0. The molecule has 0 aliphatic heterocycles. The van der Waals surface area contributed by atoms with E-state index in [1.54, 1.807) is 7.05 Å². The number of hydrogen-bond acceptors (Lipinski definition) is 2. The molecule has 1 radical (unpaired) electrons. The van der Waals surface area contributed by atoms with E-state index < -0.39 is 0 Å². The summed E-state index contributed by atoms with van der Waals surface area (Å²) in [5.74, 6) is 0. The van der Waals surface area contributed by atoms with Crippen LogP contribution >= 0.6 is 0 Å². The lowest BCUT2D eigenvalue weighted by molar-refractivity contribution is 0.0572. The van der Waals surface area contributed by atoms with Gasteiger partial charge in [-0.15, -0.1) is 0 Å². The van der Waals surface area contributed by atoms with Gasteiger partial charge in [-0.25, -0.2) is 5.11 Å². The van der Waals surface area contributed by atoms with Crippen molar-refractivity contribution in [1.82, 2.24) is 5.32 Å². The smallest absolute Gasteiger partial charge is 0.106 e. The molecule has 0 amide bonds. The van der Waals surface area contributed by atoms with E-state index in [0.717, 1.165) is 0 Å². The molecular formula is C4H10NO2. The van der Waals surface area contributed by atoms with Gasteiger partial charge in [0, 0.05) is 0 Å². The van der Waals surface area contributed by atoms with E-state index in [9.17, 15) is 5.11 Å². The Morgan fingerprint density at radius 3 is 2.86 bits per heavy atom. The van der Waals surface area contributed by atoms with Gasteiger partial charge in [0.15, 0.2) is 0 Å². The van der Waals surface area contributed by atoms with Crippen molar-refractivity contribution in [1.29, 1.82) is 0 Å². The van der Waals surface area contributed by atoms with Gasteiger partial charge in [0.25, 0.3) is 0 Å². The largest absolute Gasteiger partial charge is 0.364 e. The Bertz CT molecular complexity index is 28.9. The van der Waals surface area contributed by atoms with Crippen molar-refractivity contribution < 1.29 is 9.84 Å². The Morgan fingerprint density at radius 1 is 1.71 bits per heavy atom. The minimum absolute atomic E-state index is 0.151. The molecule has 3 heteroatoms. The zero-order valence-corrected chi connectivity index (χ0v) is 4.44. The summed E-state index contributed by atoms with van der Waals surface area (Å²) in [4.78, 5) is 0. The highest BCUT2D eigenvalue weighted by Gasteiger charge is 1.78. The third-order valence-electron chi connectivity index (χ3n) is 0.474. The monoisotopic (exact) mass is 104 g/mol. The fourth-order valence-electron chi connectivity index (χ4n) is 0.233. The summed E-state index contributed by atoms with van der Waals surface area (Å²) in [5, 5.41) is 12.4. The molecule has 0 saturated carbocycles. The van der Waals surface area contributed by atoms with Gasteiger partial charge >= 0.3 is 0 Å². The van der Waals surface area contributed by atoms with Gasteiger partial charge in [-0.3, -0.25) is 5.32 Å². The fourth-order valence-corrected chi connectivity index (χ4v) is 0.233. The maximum atomic E-state index is 9.65. The van der Waals surface area contributed by atoms with E-state index in [0.29, 0.717) is 13.3 Å². The quantitative estimate of drug-likeness (QED) is 0.390. The van der Waals surface area contributed by atoms with Gasteiger partial charge in [-0.1, -0.05) is 0 Å². The van der Waals surface area contributed by atoms with E-state index in [1.807, 2.05) is 0 Å². The second-order valence-corrected chi connectivity index (χ2v) is 1.11. The zero-order valence-electron chi connectivity index (χ0n) is 4.44. The van der Waals surface area contributed by atoms with Crippen LogP contribution in [0.15, 0.2) is 0 Å². The Hall–Kier alpha value is -0.120. The summed E-state index contributed by atoms with van der Waals surface area (Å²) in [6.07, 6.45) is 0. The van der Waals surface area contributed by atoms with Crippen molar-refractivity contribution in [3.63, 3.8) is 0 Å². The standard InChI is InChI=1S/C4H10NO2/c1-5-4-7-3-2-6/h5H,2-4H2,1H3. The average molecular weight is 104 g/mol. The Labute approximate surface area is 43.3 Å². The maximum Gasteiger partial charge on any atom is 0.106 e. The molecule has 1 N–H and O–H groups in total. The molecule has 43 valence electrons. The molecule has 7 heavy (non-hydrogen) atoms. The number of rotatable bonds is 4. The molecule has 0 fully saturated rings. The normalized spacial score (nSPS) is 9.43. The first-order valence-electron chi connectivity index (χ1n) is 2.22. The Kier molecular flexibility index (Phi) is 5.78. The SMILES string of the molecule is CNCOCC[O]. The molecule has 0 bridgehead atoms. The second-order valence-electron chi connectivity index (χ2n) is 1.11. The van der Waals surface area contributed by atoms with E-state index in [1.165, 1.54) is 0 Å². The third-order valence-corrected chi connectivity index (χ3v) is 0.474. The van der Waals surface area contributed by atoms with Gasteiger partial charge in [0.05, 0.1) is 13.3 Å². The first kappa shape index (κ1) is 6.88. The first-order chi connectivity index (χ1) is 3.41. The van der Waals surface area contributed by atoms with Crippen LogP contribution in [0.3, 0.4) is 0 Å². The first-order valence-corrected chi connectivity index (χ1v) is 2.22. The van der Waals surface area contributed by atoms with Crippen LogP contribution in [0, 0.1) is 0 Å². The fraction of sp³-hybridized carbons (Fsp3) is 1.00. The van der Waals surface area contributed by atoms with E-state index in [2.05, 4.69) is 5.32 Å². The van der Waals surface area contributed by atoms with E-state index in [-0.39, 0.29) is 6.61 Å². The molecule has 0 aromatic carbocycles. The van der Waals surface area contributed by atoms with Crippen molar-refractivity contribution in [2.75, 3.05) is 27.0 Å². The summed E-state index contributed by atoms with van der Waals surface area (Å²) in [5.41, 5.74) is 0. The lowest BCUT2D eigenvalue weighted by Crippen LogP contribution is -2.13. The Morgan fingerprint density at radius 2 is 2.43 bits per heavy atom. The van der Waals surface area contributed by atoms with Crippen LogP contribution in [0.2, 0.25) is 0 Å². The predicted molar refractivity (Wildman–Crippen MR) is 25.4 cm³/mol. The van der Waals surface area contributed by atoms with Crippen molar-refractivity contribution in [3.8, 4) is 0 Å². The van der Waals surface area contributed by atoms with Crippen LogP contribution < -0.4 is 5.32 Å². The Balaban J connectivity index is 2.45. The molecule has 0 aliphatic carbocycles. The van der Waals surface area contributed by atoms with Crippen LogP contribution in [0.25, 0.3) is 0 Å². The minimum atomic E-state index is -0.151. The molecule has 0 rings (SSSR count). The van der Waals surface area contributed by atoms with Crippen LogP contribution in [0.4, 0.5) is 0 Å². The average Bonchev–Trinajstić information content (AvgIpc) is 1.69. The summed E-state index contributed by atoms with van der Waals surface area (Å²) in [6.45, 7) is 0.630. The molecule has 3 nitrogen and oxygen atoms in total. The molecular weight excluding hydrogens is 94.0 g/mol.